The van der Waals surface area contributed by atoms with Gasteiger partial charge >= 0.3 is 0 Å². The molecule has 1 N–H and O–H groups in total. The van der Waals surface area contributed by atoms with Gasteiger partial charge in [0.25, 0.3) is 5.69 Å². The van der Waals surface area contributed by atoms with Crippen molar-refractivity contribution in [3.8, 4) is 11.3 Å². The number of carbonyl (C=O) groups excluding carboxylic acids is 1. The lowest BCUT2D eigenvalue weighted by molar-refractivity contribution is -0.384. The van der Waals surface area contributed by atoms with Gasteiger partial charge in [0.05, 0.1) is 21.2 Å². The third-order valence-corrected chi connectivity index (χ3v) is 5.94. The Morgan fingerprint density at radius 1 is 1.10 bits per heavy atom. The number of nitro groups is 1. The van der Waals surface area contributed by atoms with Crippen molar-refractivity contribution in [3.63, 3.8) is 0 Å². The molecule has 0 aliphatic heterocycles. The Morgan fingerprint density at radius 3 is 2.83 bits per heavy atom. The molecule has 0 bridgehead atoms. The Hall–Kier alpha value is -3.30. The predicted molar refractivity (Wildman–Crippen MR) is 120 cm³/mol. The molecule has 0 aliphatic carbocycles. The summed E-state index contributed by atoms with van der Waals surface area (Å²) in [5.74, 6) is 0.462. The first-order valence-electron chi connectivity index (χ1n) is 9.07. The third kappa shape index (κ3) is 4.81. The number of thioether (sulfide) groups is 1. The van der Waals surface area contributed by atoms with Crippen LogP contribution in [-0.4, -0.2) is 26.6 Å². The zero-order valence-corrected chi connectivity index (χ0v) is 17.3. The zero-order valence-electron chi connectivity index (χ0n) is 15.6. The number of anilines is 1. The molecule has 2 aromatic carbocycles. The molecule has 2 aromatic heterocycles. The molecule has 0 unspecified atom stereocenters. The second-order valence-electron chi connectivity index (χ2n) is 6.33. The number of nitro benzene ring substituents is 1. The molecule has 0 saturated carbocycles. The summed E-state index contributed by atoms with van der Waals surface area (Å²) in [5, 5.41) is 17.9. The molecule has 2 heterocycles. The van der Waals surface area contributed by atoms with E-state index in [9.17, 15) is 14.9 Å². The highest BCUT2D eigenvalue weighted by Crippen LogP contribution is 2.27. The van der Waals surface area contributed by atoms with Gasteiger partial charge in [-0.2, -0.15) is 0 Å². The SMILES string of the molecule is O=C(CCSc1ccc2ccccc2n1)Nc1nc(-c2cccc([N+](=O)[O-])c2)cs1. The summed E-state index contributed by atoms with van der Waals surface area (Å²) in [6.45, 7) is 0. The highest BCUT2D eigenvalue weighted by Gasteiger charge is 2.11. The first kappa shape index (κ1) is 20.0. The number of amides is 1. The van der Waals surface area contributed by atoms with Crippen molar-refractivity contribution in [1.29, 1.82) is 0 Å². The number of thiazole rings is 1. The van der Waals surface area contributed by atoms with Crippen LogP contribution in [0, 0.1) is 10.1 Å². The molecule has 0 fully saturated rings. The van der Waals surface area contributed by atoms with Crippen molar-refractivity contribution in [2.45, 2.75) is 11.4 Å². The Morgan fingerprint density at radius 2 is 1.97 bits per heavy atom. The smallest absolute Gasteiger partial charge is 0.270 e. The Kier molecular flexibility index (Phi) is 6.01. The van der Waals surface area contributed by atoms with Crippen molar-refractivity contribution in [2.75, 3.05) is 11.1 Å². The lowest BCUT2D eigenvalue weighted by Crippen LogP contribution is -2.12. The normalized spacial score (nSPS) is 10.8. The average molecular weight is 437 g/mol. The van der Waals surface area contributed by atoms with Gasteiger partial charge in [0, 0.05) is 40.6 Å². The zero-order chi connectivity index (χ0) is 20.9. The van der Waals surface area contributed by atoms with Gasteiger partial charge in [0.2, 0.25) is 5.91 Å². The number of benzene rings is 2. The molecule has 0 saturated heterocycles. The van der Waals surface area contributed by atoms with E-state index in [1.807, 2.05) is 36.4 Å². The van der Waals surface area contributed by atoms with Gasteiger partial charge in [-0.3, -0.25) is 14.9 Å². The van der Waals surface area contributed by atoms with Crippen LogP contribution in [0.25, 0.3) is 22.2 Å². The number of para-hydroxylation sites is 1. The van der Waals surface area contributed by atoms with Crippen LogP contribution in [0.2, 0.25) is 0 Å². The lowest BCUT2D eigenvalue weighted by Gasteiger charge is -2.03. The highest BCUT2D eigenvalue weighted by molar-refractivity contribution is 7.99. The minimum atomic E-state index is -0.444. The van der Waals surface area contributed by atoms with E-state index in [0.29, 0.717) is 28.6 Å². The van der Waals surface area contributed by atoms with Gasteiger partial charge in [0.15, 0.2) is 5.13 Å². The van der Waals surface area contributed by atoms with Crippen molar-refractivity contribution in [2.24, 2.45) is 0 Å². The maximum atomic E-state index is 12.2. The quantitative estimate of drug-likeness (QED) is 0.237. The van der Waals surface area contributed by atoms with E-state index in [-0.39, 0.29) is 11.6 Å². The number of hydrogen-bond donors (Lipinski definition) is 1. The van der Waals surface area contributed by atoms with Crippen LogP contribution in [0.3, 0.4) is 0 Å². The van der Waals surface area contributed by atoms with Crippen LogP contribution in [0.4, 0.5) is 10.8 Å². The predicted octanol–water partition coefficient (Wildman–Crippen LogP) is 5.39. The Balaban J connectivity index is 1.32. The second kappa shape index (κ2) is 9.02. The fraction of sp³-hybridized carbons (Fsp3) is 0.0952. The summed E-state index contributed by atoms with van der Waals surface area (Å²) >= 11 is 2.81. The number of carbonyl (C=O) groups is 1. The summed E-state index contributed by atoms with van der Waals surface area (Å²) in [7, 11) is 0. The second-order valence-corrected chi connectivity index (χ2v) is 8.31. The molecule has 4 rings (SSSR count). The summed E-state index contributed by atoms with van der Waals surface area (Å²) < 4.78 is 0. The van der Waals surface area contributed by atoms with Crippen LogP contribution < -0.4 is 5.32 Å². The van der Waals surface area contributed by atoms with E-state index in [2.05, 4.69) is 15.3 Å². The Bertz CT molecular complexity index is 1230. The maximum Gasteiger partial charge on any atom is 0.270 e. The van der Waals surface area contributed by atoms with Crippen LogP contribution in [0.1, 0.15) is 6.42 Å². The van der Waals surface area contributed by atoms with Gasteiger partial charge < -0.3 is 5.32 Å². The molecule has 9 heteroatoms. The minimum Gasteiger partial charge on any atom is -0.302 e. The van der Waals surface area contributed by atoms with Gasteiger partial charge in [0.1, 0.15) is 0 Å². The van der Waals surface area contributed by atoms with Crippen molar-refractivity contribution in [1.82, 2.24) is 9.97 Å². The number of fused-ring (bicyclic) bond motifs is 1. The van der Waals surface area contributed by atoms with Crippen molar-refractivity contribution < 1.29 is 9.72 Å². The van der Waals surface area contributed by atoms with E-state index in [1.165, 1.54) is 35.2 Å². The van der Waals surface area contributed by atoms with E-state index in [0.717, 1.165) is 15.9 Å². The number of hydrogen-bond acceptors (Lipinski definition) is 7. The monoisotopic (exact) mass is 436 g/mol. The van der Waals surface area contributed by atoms with Crippen molar-refractivity contribution in [3.05, 3.63) is 76.2 Å². The van der Waals surface area contributed by atoms with E-state index < -0.39 is 4.92 Å². The van der Waals surface area contributed by atoms with E-state index in [4.69, 9.17) is 0 Å². The Labute approximate surface area is 180 Å². The van der Waals surface area contributed by atoms with Crippen LogP contribution in [-0.2, 0) is 4.79 Å². The lowest BCUT2D eigenvalue weighted by atomic mass is 10.1. The van der Waals surface area contributed by atoms with E-state index >= 15 is 0 Å². The van der Waals surface area contributed by atoms with Crippen LogP contribution >= 0.6 is 23.1 Å². The van der Waals surface area contributed by atoms with Gasteiger partial charge in [-0.1, -0.05) is 36.4 Å². The molecule has 1 amide bonds. The van der Waals surface area contributed by atoms with E-state index in [1.54, 1.807) is 17.5 Å². The summed E-state index contributed by atoms with van der Waals surface area (Å²) in [6.07, 6.45) is 0.324. The van der Waals surface area contributed by atoms with Crippen LogP contribution in [0.15, 0.2) is 71.1 Å². The molecule has 0 spiro atoms. The first-order chi connectivity index (χ1) is 14.6. The summed E-state index contributed by atoms with van der Waals surface area (Å²) in [5.41, 5.74) is 2.17. The molecular formula is C21H16N4O3S2. The number of aromatic nitrogens is 2. The fourth-order valence-corrected chi connectivity index (χ4v) is 4.36. The average Bonchev–Trinajstić information content (AvgIpc) is 3.22. The first-order valence-corrected chi connectivity index (χ1v) is 10.9. The minimum absolute atomic E-state index is 0.00501. The topological polar surface area (TPSA) is 98.0 Å². The largest absolute Gasteiger partial charge is 0.302 e. The maximum absolute atomic E-state index is 12.2. The number of rotatable bonds is 7. The number of nitrogens with one attached hydrogen (secondary N) is 1. The highest BCUT2D eigenvalue weighted by atomic mass is 32.2. The van der Waals surface area contributed by atoms with Gasteiger partial charge in [-0.05, 0) is 12.1 Å². The summed E-state index contributed by atoms with van der Waals surface area (Å²) in [4.78, 5) is 31.7. The summed E-state index contributed by atoms with van der Waals surface area (Å²) in [6, 6.07) is 18.1. The number of nitrogens with zero attached hydrogens (tertiary/aromatic N) is 3. The molecule has 30 heavy (non-hydrogen) atoms. The molecule has 150 valence electrons. The van der Waals surface area contributed by atoms with Crippen LogP contribution in [0.5, 0.6) is 0 Å². The van der Waals surface area contributed by atoms with Crippen molar-refractivity contribution >= 4 is 50.7 Å². The third-order valence-electron chi connectivity index (χ3n) is 4.26. The molecule has 4 aromatic rings. The molecule has 0 aliphatic rings. The number of pyridine rings is 1. The molecule has 7 nitrogen and oxygen atoms in total. The van der Waals surface area contributed by atoms with Gasteiger partial charge in [-0.25, -0.2) is 9.97 Å². The molecule has 0 atom stereocenters. The molecular weight excluding hydrogens is 420 g/mol. The fourth-order valence-electron chi connectivity index (χ4n) is 2.80. The standard InChI is InChI=1S/C21H16N4O3S2/c26-19(10-11-29-20-9-8-14-4-1-2-7-17(14)22-20)24-21-23-18(13-30-21)15-5-3-6-16(12-15)25(27)28/h1-9,12-13H,10-11H2,(H,23,24,26). The number of non-ortho nitro benzene ring substituents is 1. The van der Waals surface area contributed by atoms with Gasteiger partial charge in [-0.15, -0.1) is 23.1 Å². The molecule has 0 radical (unpaired) electrons.